The number of aliphatic hydroxyl groups excluding tert-OH is 4. The Morgan fingerprint density at radius 2 is 1.84 bits per heavy atom. The molecule has 1 heterocycles. The van der Waals surface area contributed by atoms with E-state index in [0.29, 0.717) is 6.42 Å². The quantitative estimate of drug-likeness (QED) is 0.490. The van der Waals surface area contributed by atoms with E-state index >= 15 is 0 Å². The molecule has 1 aliphatic heterocycles. The number of hydrogen-bond donors (Lipinski definition) is 4. The molecule has 0 radical (unpaired) electrons. The van der Waals surface area contributed by atoms with Crippen LogP contribution >= 0.6 is 0 Å². The maximum absolute atomic E-state index is 10.1. The molecule has 0 aromatic heterocycles. The first-order valence-electron chi connectivity index (χ1n) is 8.67. The maximum atomic E-state index is 10.1. The molecule has 2 rings (SSSR count). The molecular weight excluding hydrogens is 324 g/mol. The Morgan fingerprint density at radius 1 is 1.12 bits per heavy atom. The molecule has 4 N–H and O–H groups in total. The smallest absolute Gasteiger partial charge is 0.186 e. The van der Waals surface area contributed by atoms with Gasteiger partial charge in [0.2, 0.25) is 0 Å². The van der Waals surface area contributed by atoms with Crippen LogP contribution in [0.25, 0.3) is 0 Å². The summed E-state index contributed by atoms with van der Waals surface area (Å²) < 4.78 is 11.2. The molecule has 1 fully saturated rings. The van der Waals surface area contributed by atoms with Gasteiger partial charge in [0.25, 0.3) is 0 Å². The van der Waals surface area contributed by atoms with Crippen LogP contribution in [0.5, 0.6) is 0 Å². The molecule has 0 aliphatic carbocycles. The second kappa shape index (κ2) is 10.0. The second-order valence-corrected chi connectivity index (χ2v) is 6.36. The van der Waals surface area contributed by atoms with E-state index < -0.39 is 37.3 Å². The Balaban J connectivity index is 1.89. The zero-order valence-electron chi connectivity index (χ0n) is 14.3. The Hall–Kier alpha value is -1.28. The van der Waals surface area contributed by atoms with Gasteiger partial charge in [0.15, 0.2) is 6.29 Å². The summed E-state index contributed by atoms with van der Waals surface area (Å²) in [5, 5.41) is 39.0. The van der Waals surface area contributed by atoms with Crippen LogP contribution in [-0.2, 0) is 15.9 Å². The molecule has 25 heavy (non-hydrogen) atoms. The van der Waals surface area contributed by atoms with Crippen molar-refractivity contribution < 1.29 is 29.9 Å². The number of ether oxygens (including phenoxy) is 2. The zero-order valence-corrected chi connectivity index (χ0v) is 14.3. The van der Waals surface area contributed by atoms with E-state index in [1.165, 1.54) is 5.56 Å². The summed E-state index contributed by atoms with van der Waals surface area (Å²) in [5.41, 5.74) is 1.24. The number of rotatable bonds is 9. The Labute approximate surface area is 148 Å². The van der Waals surface area contributed by atoms with Crippen molar-refractivity contribution in [1.82, 2.24) is 0 Å². The van der Waals surface area contributed by atoms with E-state index in [-0.39, 0.29) is 6.10 Å². The molecule has 1 aliphatic rings. The predicted octanol–water partition coefficient (Wildman–Crippen LogP) is 0.770. The van der Waals surface area contributed by atoms with Crippen molar-refractivity contribution in [2.24, 2.45) is 0 Å². The van der Waals surface area contributed by atoms with Crippen molar-refractivity contribution in [1.29, 1.82) is 0 Å². The fourth-order valence-corrected chi connectivity index (χ4v) is 2.98. The van der Waals surface area contributed by atoms with E-state index in [9.17, 15) is 20.4 Å². The van der Waals surface area contributed by atoms with E-state index in [1.54, 1.807) is 6.08 Å². The molecule has 140 valence electrons. The lowest BCUT2D eigenvalue weighted by Crippen LogP contribution is -2.59. The third-order valence-electron chi connectivity index (χ3n) is 4.44. The Morgan fingerprint density at radius 3 is 2.48 bits per heavy atom. The highest BCUT2D eigenvalue weighted by molar-refractivity contribution is 5.14. The summed E-state index contributed by atoms with van der Waals surface area (Å²) >= 11 is 0. The van der Waals surface area contributed by atoms with Crippen LogP contribution in [0.1, 0.15) is 24.8 Å². The van der Waals surface area contributed by atoms with Crippen LogP contribution in [-0.4, -0.2) is 63.8 Å². The Bertz CT molecular complexity index is 506. The normalized spacial score (nSPS) is 30.8. The van der Waals surface area contributed by atoms with Gasteiger partial charge in [-0.3, -0.25) is 0 Å². The summed E-state index contributed by atoms with van der Waals surface area (Å²) in [7, 11) is 0. The SMILES string of the molecule is C=CCC(CCCc1ccccc1)O[C@@H]1O[C@H](CO)[C@@H](O)[C@H](O)[C@H]1O. The van der Waals surface area contributed by atoms with Crippen molar-refractivity contribution >= 4 is 0 Å². The van der Waals surface area contributed by atoms with Gasteiger partial charge in [-0.2, -0.15) is 0 Å². The van der Waals surface area contributed by atoms with Crippen molar-refractivity contribution in [3.8, 4) is 0 Å². The van der Waals surface area contributed by atoms with Gasteiger partial charge in [0.05, 0.1) is 12.7 Å². The molecule has 0 spiro atoms. The molecule has 1 aromatic carbocycles. The average Bonchev–Trinajstić information content (AvgIpc) is 2.63. The predicted molar refractivity (Wildman–Crippen MR) is 92.8 cm³/mol. The highest BCUT2D eigenvalue weighted by Gasteiger charge is 2.44. The number of aryl methyl sites for hydroxylation is 1. The van der Waals surface area contributed by atoms with Crippen molar-refractivity contribution in [3.63, 3.8) is 0 Å². The highest BCUT2D eigenvalue weighted by atomic mass is 16.7. The number of hydrogen-bond acceptors (Lipinski definition) is 6. The minimum Gasteiger partial charge on any atom is -0.394 e. The lowest BCUT2D eigenvalue weighted by molar-refractivity contribution is -0.311. The molecule has 0 amide bonds. The van der Waals surface area contributed by atoms with Crippen molar-refractivity contribution in [2.45, 2.75) is 62.5 Å². The minimum atomic E-state index is -1.43. The van der Waals surface area contributed by atoms with Crippen LogP contribution in [0.2, 0.25) is 0 Å². The molecule has 0 bridgehead atoms. The minimum absolute atomic E-state index is 0.234. The van der Waals surface area contributed by atoms with Crippen LogP contribution in [0.4, 0.5) is 0 Å². The fraction of sp³-hybridized carbons (Fsp3) is 0.579. The largest absolute Gasteiger partial charge is 0.394 e. The van der Waals surface area contributed by atoms with E-state index in [4.69, 9.17) is 9.47 Å². The number of aliphatic hydroxyl groups is 4. The first-order chi connectivity index (χ1) is 12.1. The molecule has 1 saturated heterocycles. The topological polar surface area (TPSA) is 99.4 Å². The van der Waals surface area contributed by atoms with E-state index in [2.05, 4.69) is 18.7 Å². The molecule has 6 atom stereocenters. The average molecular weight is 352 g/mol. The first-order valence-corrected chi connectivity index (χ1v) is 8.67. The van der Waals surface area contributed by atoms with Gasteiger partial charge >= 0.3 is 0 Å². The molecule has 1 unspecified atom stereocenters. The van der Waals surface area contributed by atoms with Crippen LogP contribution in [0.3, 0.4) is 0 Å². The van der Waals surface area contributed by atoms with Gasteiger partial charge in [0.1, 0.15) is 24.4 Å². The third-order valence-corrected chi connectivity index (χ3v) is 4.44. The Kier molecular flexibility index (Phi) is 8.02. The highest BCUT2D eigenvalue weighted by Crippen LogP contribution is 2.25. The zero-order chi connectivity index (χ0) is 18.2. The van der Waals surface area contributed by atoms with E-state index in [1.807, 2.05) is 18.2 Å². The summed E-state index contributed by atoms with van der Waals surface area (Å²) in [5.74, 6) is 0. The van der Waals surface area contributed by atoms with Crippen molar-refractivity contribution in [2.75, 3.05) is 6.61 Å². The van der Waals surface area contributed by atoms with Gasteiger partial charge in [-0.25, -0.2) is 0 Å². The maximum Gasteiger partial charge on any atom is 0.186 e. The van der Waals surface area contributed by atoms with Crippen LogP contribution in [0.15, 0.2) is 43.0 Å². The van der Waals surface area contributed by atoms with Gasteiger partial charge in [0, 0.05) is 0 Å². The van der Waals surface area contributed by atoms with Gasteiger partial charge in [-0.05, 0) is 31.2 Å². The summed E-state index contributed by atoms with van der Waals surface area (Å²) in [4.78, 5) is 0. The molecule has 1 aromatic rings. The molecule has 6 nitrogen and oxygen atoms in total. The third kappa shape index (κ3) is 5.60. The number of benzene rings is 1. The summed E-state index contributed by atoms with van der Waals surface area (Å²) in [6.45, 7) is 3.26. The summed E-state index contributed by atoms with van der Waals surface area (Å²) in [6, 6.07) is 10.1. The second-order valence-electron chi connectivity index (χ2n) is 6.36. The van der Waals surface area contributed by atoms with Crippen LogP contribution < -0.4 is 0 Å². The fourth-order valence-electron chi connectivity index (χ4n) is 2.98. The van der Waals surface area contributed by atoms with Gasteiger partial charge in [-0.1, -0.05) is 36.4 Å². The lowest BCUT2D eigenvalue weighted by atomic mass is 9.99. The van der Waals surface area contributed by atoms with Crippen LogP contribution in [0, 0.1) is 0 Å². The van der Waals surface area contributed by atoms with E-state index in [0.717, 1.165) is 19.3 Å². The molecular formula is C19H28O6. The standard InChI is InChI=1S/C19H28O6/c1-2-7-14(11-6-10-13-8-4-3-5-9-13)24-19-18(23)17(22)16(21)15(12-20)25-19/h2-5,8-9,14-23H,1,6-7,10-12H2/t14?,15-,16-,17+,18-,19-/m1/s1. The van der Waals surface area contributed by atoms with Crippen molar-refractivity contribution in [3.05, 3.63) is 48.6 Å². The van der Waals surface area contributed by atoms with Gasteiger partial charge in [-0.15, -0.1) is 6.58 Å². The lowest BCUT2D eigenvalue weighted by Gasteiger charge is -2.40. The van der Waals surface area contributed by atoms with Gasteiger partial charge < -0.3 is 29.9 Å². The molecule has 6 heteroatoms. The summed E-state index contributed by atoms with van der Waals surface area (Å²) in [6.07, 6.45) is -1.64. The first kappa shape index (κ1) is 20.0. The molecule has 0 saturated carbocycles. The monoisotopic (exact) mass is 352 g/mol.